The number of Topliss-reactive ketones (excluding diaryl/α,β-unsaturated/α-hetero) is 2. The highest BCUT2D eigenvalue weighted by atomic mass is 35.5. The third-order valence-electron chi connectivity index (χ3n) is 4.35. The Morgan fingerprint density at radius 2 is 1.25 bits per heavy atom. The minimum atomic E-state index is -1.17. The summed E-state index contributed by atoms with van der Waals surface area (Å²) in [5, 5.41) is 0.505. The summed E-state index contributed by atoms with van der Waals surface area (Å²) in [5.74, 6) is -2.20. The Labute approximate surface area is 208 Å². The number of nitrogens with zero attached hydrogens (tertiary/aromatic N) is 1. The van der Waals surface area contributed by atoms with Crippen molar-refractivity contribution in [2.24, 2.45) is 0 Å². The number of halogens is 4. The highest BCUT2D eigenvalue weighted by Crippen LogP contribution is 2.47. The molecule has 0 aliphatic heterocycles. The van der Waals surface area contributed by atoms with Gasteiger partial charge in [0.05, 0.1) is 48.1 Å². The molecule has 8 heteroatoms. The number of pyridine rings is 1. The molecule has 1 aliphatic carbocycles. The molecule has 2 aromatic carbocycles. The van der Waals surface area contributed by atoms with Crippen LogP contribution >= 0.6 is 46.4 Å². The summed E-state index contributed by atoms with van der Waals surface area (Å²) in [6.45, 7) is 8.50. The monoisotopic (exact) mass is 512 g/mol. The lowest BCUT2D eigenvalue weighted by Crippen LogP contribution is -2.14. The molecule has 0 saturated heterocycles. The number of nitrogens with two attached hydrogens (primary N) is 1. The second kappa shape index (κ2) is 11.3. The topological polar surface area (TPSA) is 73.1 Å². The zero-order chi connectivity index (χ0) is 24.2. The molecule has 32 heavy (non-hydrogen) atoms. The molecule has 0 bridgehead atoms. The maximum atomic E-state index is 12.9. The van der Waals surface area contributed by atoms with E-state index in [1.807, 2.05) is 6.07 Å². The van der Waals surface area contributed by atoms with Gasteiger partial charge in [-0.05, 0) is 12.1 Å². The van der Waals surface area contributed by atoms with E-state index in [1.54, 1.807) is 24.3 Å². The molecule has 3 aromatic rings. The van der Waals surface area contributed by atoms with Gasteiger partial charge in [-0.3, -0.25) is 9.59 Å². The Kier molecular flexibility index (Phi) is 9.35. The maximum absolute atomic E-state index is 12.9. The number of para-hydroxylation sites is 1. The molecule has 4 rings (SSSR count). The van der Waals surface area contributed by atoms with Gasteiger partial charge in [-0.15, -0.1) is 0 Å². The van der Waals surface area contributed by atoms with Crippen LogP contribution in [-0.4, -0.2) is 16.6 Å². The van der Waals surface area contributed by atoms with E-state index < -0.39 is 17.5 Å². The van der Waals surface area contributed by atoms with Crippen LogP contribution in [0.25, 0.3) is 10.9 Å². The van der Waals surface area contributed by atoms with E-state index in [-0.39, 0.29) is 36.9 Å². The zero-order valence-corrected chi connectivity index (χ0v) is 21.3. The van der Waals surface area contributed by atoms with Gasteiger partial charge in [0, 0.05) is 5.39 Å². The third kappa shape index (κ3) is 4.89. The number of hydrogen-bond donors (Lipinski definition) is 1. The molecular formula is C24H24Cl4N2O2. The normalized spacial score (nSPS) is 12.8. The summed E-state index contributed by atoms with van der Waals surface area (Å²) in [4.78, 5) is 30.3. The minimum Gasteiger partial charge on any atom is -0.397 e. The number of anilines is 1. The van der Waals surface area contributed by atoms with Crippen molar-refractivity contribution < 1.29 is 9.59 Å². The minimum absolute atomic E-state index is 0.0241. The Bertz CT molecular complexity index is 1130. The number of benzene rings is 2. The lowest BCUT2D eigenvalue weighted by Gasteiger charge is -2.09. The van der Waals surface area contributed by atoms with Crippen molar-refractivity contribution >= 4 is 74.6 Å². The van der Waals surface area contributed by atoms with Gasteiger partial charge in [0.25, 0.3) is 0 Å². The number of carbonyl (C=O) groups is 2. The first-order valence-corrected chi connectivity index (χ1v) is 11.8. The maximum Gasteiger partial charge on any atom is 0.182 e. The van der Waals surface area contributed by atoms with Crippen LogP contribution in [-0.2, 0) is 0 Å². The van der Waals surface area contributed by atoms with Crippen LogP contribution in [0.3, 0.4) is 0 Å². The molecule has 170 valence electrons. The zero-order valence-electron chi connectivity index (χ0n) is 18.2. The largest absolute Gasteiger partial charge is 0.397 e. The molecule has 0 atom stereocenters. The first-order valence-electron chi connectivity index (χ1n) is 10.2. The van der Waals surface area contributed by atoms with Crippen LogP contribution in [0.5, 0.6) is 0 Å². The molecule has 0 unspecified atom stereocenters. The molecule has 2 N–H and O–H groups in total. The van der Waals surface area contributed by atoms with Gasteiger partial charge < -0.3 is 5.73 Å². The van der Waals surface area contributed by atoms with Crippen LogP contribution in [0.15, 0.2) is 30.3 Å². The fourth-order valence-corrected chi connectivity index (χ4v) is 4.16. The summed E-state index contributed by atoms with van der Waals surface area (Å²) >= 11 is 24.4. The van der Waals surface area contributed by atoms with Gasteiger partial charge in [0.15, 0.2) is 11.6 Å². The average molecular weight is 514 g/mol. The Morgan fingerprint density at radius 1 is 0.781 bits per heavy atom. The molecule has 1 aromatic heterocycles. The summed E-state index contributed by atoms with van der Waals surface area (Å²) < 4.78 is 0. The van der Waals surface area contributed by atoms with Crippen molar-refractivity contribution in [2.75, 3.05) is 5.73 Å². The van der Waals surface area contributed by atoms with E-state index in [9.17, 15) is 9.59 Å². The fourth-order valence-electron chi connectivity index (χ4n) is 3.12. The number of rotatable bonds is 1. The second-order valence-corrected chi connectivity index (χ2v) is 8.75. The Hall–Kier alpha value is -1.85. The molecule has 0 saturated carbocycles. The average Bonchev–Trinajstić information content (AvgIpc) is 3.02. The standard InChI is InChI=1S/C18H8Cl4N2O2.2C3H8/c19-12-10-11(13(20)15(22)14(12)21)18(26)9(17(10)25)8-5-4-6-2-1-3-7(23)16(6)24-8;2*1-3-2/h1-5,9H,23H2;2*3H2,1-2H3. The number of nitrogen functional groups attached to an aromatic ring is 1. The number of fused-ring (bicyclic) bond motifs is 2. The van der Waals surface area contributed by atoms with Gasteiger partial charge in [-0.25, -0.2) is 4.98 Å². The number of carbonyl (C=O) groups excluding carboxylic acids is 2. The molecule has 1 heterocycles. The number of hydrogen-bond acceptors (Lipinski definition) is 4. The van der Waals surface area contributed by atoms with Crippen LogP contribution in [0.1, 0.15) is 72.9 Å². The molecule has 0 spiro atoms. The summed E-state index contributed by atoms with van der Waals surface area (Å²) in [5.41, 5.74) is 7.13. The quantitative estimate of drug-likeness (QED) is 0.153. The van der Waals surface area contributed by atoms with Crippen molar-refractivity contribution in [2.45, 2.75) is 46.5 Å². The Morgan fingerprint density at radius 3 is 1.72 bits per heavy atom. The fraction of sp³-hybridized carbons (Fsp3) is 0.292. The van der Waals surface area contributed by atoms with E-state index in [0.717, 1.165) is 5.39 Å². The van der Waals surface area contributed by atoms with E-state index in [2.05, 4.69) is 32.7 Å². The lowest BCUT2D eigenvalue weighted by molar-refractivity contribution is 0.0888. The molecule has 4 nitrogen and oxygen atoms in total. The van der Waals surface area contributed by atoms with Crippen molar-refractivity contribution in [3.05, 3.63) is 67.2 Å². The highest BCUT2D eigenvalue weighted by Gasteiger charge is 2.45. The molecule has 0 fully saturated rings. The molecule has 1 aliphatic rings. The second-order valence-electron chi connectivity index (χ2n) is 7.24. The van der Waals surface area contributed by atoms with Gasteiger partial charge in [0.2, 0.25) is 0 Å². The van der Waals surface area contributed by atoms with Crippen LogP contribution in [0.4, 0.5) is 5.69 Å². The number of ketones is 2. The van der Waals surface area contributed by atoms with Crippen LogP contribution < -0.4 is 5.73 Å². The highest BCUT2D eigenvalue weighted by molar-refractivity contribution is 6.55. The molecule has 0 amide bonds. The predicted molar refractivity (Wildman–Crippen MR) is 136 cm³/mol. The van der Waals surface area contributed by atoms with E-state index in [0.29, 0.717) is 11.2 Å². The summed E-state index contributed by atoms with van der Waals surface area (Å²) in [6, 6.07) is 8.69. The van der Waals surface area contributed by atoms with Crippen molar-refractivity contribution in [1.82, 2.24) is 4.98 Å². The molecule has 0 radical (unpaired) electrons. The first kappa shape index (κ1) is 26.4. The molecular weight excluding hydrogens is 490 g/mol. The van der Waals surface area contributed by atoms with Crippen molar-refractivity contribution in [1.29, 1.82) is 0 Å². The lowest BCUT2D eigenvalue weighted by atomic mass is 9.98. The van der Waals surface area contributed by atoms with Crippen molar-refractivity contribution in [3.8, 4) is 0 Å². The SMILES string of the molecule is CCC.CCC.Nc1cccc2ccc(C3C(=O)c4c(Cl)c(Cl)c(Cl)c(Cl)c4C3=O)nc12. The third-order valence-corrected chi connectivity index (χ3v) is 6.16. The van der Waals surface area contributed by atoms with Crippen LogP contribution in [0, 0.1) is 0 Å². The van der Waals surface area contributed by atoms with Crippen LogP contribution in [0.2, 0.25) is 20.1 Å². The van der Waals surface area contributed by atoms with E-state index in [4.69, 9.17) is 52.1 Å². The van der Waals surface area contributed by atoms with Gasteiger partial charge in [-0.2, -0.15) is 0 Å². The predicted octanol–water partition coefficient (Wildman–Crippen LogP) is 8.43. The Balaban J connectivity index is 0.000000547. The number of aromatic nitrogens is 1. The summed E-state index contributed by atoms with van der Waals surface area (Å²) in [7, 11) is 0. The van der Waals surface area contributed by atoms with E-state index >= 15 is 0 Å². The van der Waals surface area contributed by atoms with E-state index in [1.165, 1.54) is 12.8 Å². The summed E-state index contributed by atoms with van der Waals surface area (Å²) in [6.07, 6.45) is 2.50. The van der Waals surface area contributed by atoms with Gasteiger partial charge in [-0.1, -0.05) is 105 Å². The first-order chi connectivity index (χ1) is 15.2. The van der Waals surface area contributed by atoms with Crippen molar-refractivity contribution in [3.63, 3.8) is 0 Å². The van der Waals surface area contributed by atoms with Gasteiger partial charge >= 0.3 is 0 Å². The van der Waals surface area contributed by atoms with Gasteiger partial charge in [0.1, 0.15) is 5.92 Å². The smallest absolute Gasteiger partial charge is 0.182 e.